The van der Waals surface area contributed by atoms with Crippen molar-refractivity contribution in [3.05, 3.63) is 27.7 Å². The third kappa shape index (κ3) is 2.68. The molecule has 1 aromatic heterocycles. The number of aromatic nitrogens is 1. The van der Waals surface area contributed by atoms with E-state index in [0.717, 1.165) is 0 Å². The smallest absolute Gasteiger partial charge is 0.309 e. The second-order valence-corrected chi connectivity index (χ2v) is 3.45. The maximum Gasteiger partial charge on any atom is 0.309 e. The summed E-state index contributed by atoms with van der Waals surface area (Å²) in [6.07, 6.45) is -2.86. The monoisotopic (exact) mass is 283 g/mol. The van der Waals surface area contributed by atoms with Gasteiger partial charge in [0, 0.05) is 6.20 Å². The van der Waals surface area contributed by atoms with E-state index < -0.39 is 30.2 Å². The molecule has 0 radical (unpaired) electrons. The molecule has 0 saturated carbocycles. The lowest BCUT2D eigenvalue weighted by Gasteiger charge is -2.06. The second kappa shape index (κ2) is 4.61. The number of carboxylic acids is 1. The van der Waals surface area contributed by atoms with Crippen LogP contribution in [0.25, 0.3) is 0 Å². The van der Waals surface area contributed by atoms with Crippen LogP contribution < -0.4 is 0 Å². The minimum Gasteiger partial charge on any atom is -0.481 e. The topological polar surface area (TPSA) is 50.2 Å². The Balaban J connectivity index is 3.15. The molecular formula is C8H5BrF3NO2. The first-order valence-electron chi connectivity index (χ1n) is 3.76. The number of nitrogens with zero attached hydrogens (tertiary/aromatic N) is 1. The van der Waals surface area contributed by atoms with Crippen molar-refractivity contribution in [2.45, 2.75) is 12.8 Å². The van der Waals surface area contributed by atoms with Gasteiger partial charge in [0.2, 0.25) is 0 Å². The third-order valence-corrected chi connectivity index (χ3v) is 2.42. The summed E-state index contributed by atoms with van der Waals surface area (Å²) >= 11 is 2.69. The van der Waals surface area contributed by atoms with E-state index in [2.05, 4.69) is 20.9 Å². The summed E-state index contributed by atoms with van der Waals surface area (Å²) in [4.78, 5) is 13.8. The number of aliphatic carboxylic acids is 1. The molecule has 0 aliphatic carbocycles. The molecular weight excluding hydrogens is 279 g/mol. The molecule has 0 aromatic carbocycles. The van der Waals surface area contributed by atoms with Crippen molar-refractivity contribution in [2.24, 2.45) is 0 Å². The summed E-state index contributed by atoms with van der Waals surface area (Å²) in [6.45, 7) is 0. The Bertz CT molecular complexity index is 398. The fourth-order valence-electron chi connectivity index (χ4n) is 0.933. The van der Waals surface area contributed by atoms with Gasteiger partial charge in [-0.1, -0.05) is 0 Å². The molecule has 1 aromatic rings. The van der Waals surface area contributed by atoms with Gasteiger partial charge in [0.15, 0.2) is 0 Å². The van der Waals surface area contributed by atoms with E-state index >= 15 is 0 Å². The largest absolute Gasteiger partial charge is 0.481 e. The number of carbonyl (C=O) groups is 1. The Labute approximate surface area is 91.1 Å². The van der Waals surface area contributed by atoms with Crippen molar-refractivity contribution in [2.75, 3.05) is 0 Å². The molecule has 0 saturated heterocycles. The van der Waals surface area contributed by atoms with Gasteiger partial charge in [-0.05, 0) is 15.9 Å². The van der Waals surface area contributed by atoms with Crippen molar-refractivity contribution in [3.8, 4) is 0 Å². The molecule has 0 spiro atoms. The molecule has 0 aliphatic rings. The summed E-state index contributed by atoms with van der Waals surface area (Å²) in [5.74, 6) is -2.39. The van der Waals surface area contributed by atoms with Gasteiger partial charge in [0.25, 0.3) is 6.43 Å². The fraction of sp³-hybridized carbons (Fsp3) is 0.250. The van der Waals surface area contributed by atoms with E-state index in [0.29, 0.717) is 6.20 Å². The van der Waals surface area contributed by atoms with E-state index in [1.165, 1.54) is 0 Å². The standard InChI is InChI=1S/C8H5BrF3NO2/c9-6-4(1-5(14)15)13-2-3(7(6)10)8(11)12/h2,8H,1H2,(H,14,15). The predicted octanol–water partition coefficient (Wildman–Crippen LogP) is 2.55. The molecule has 0 unspecified atom stereocenters. The van der Waals surface area contributed by atoms with Crippen molar-refractivity contribution >= 4 is 21.9 Å². The molecule has 1 rings (SSSR count). The highest BCUT2D eigenvalue weighted by Crippen LogP contribution is 2.28. The van der Waals surface area contributed by atoms with Crippen molar-refractivity contribution in [3.63, 3.8) is 0 Å². The molecule has 0 amide bonds. The van der Waals surface area contributed by atoms with Crippen LogP contribution in [0.1, 0.15) is 17.7 Å². The molecule has 1 heterocycles. The van der Waals surface area contributed by atoms with Crippen LogP contribution in [0.4, 0.5) is 13.2 Å². The number of hydrogen-bond donors (Lipinski definition) is 1. The van der Waals surface area contributed by atoms with E-state index in [1.807, 2.05) is 0 Å². The van der Waals surface area contributed by atoms with Gasteiger partial charge in [0.05, 0.1) is 22.2 Å². The zero-order valence-electron chi connectivity index (χ0n) is 7.18. The van der Waals surface area contributed by atoms with Crippen molar-refractivity contribution in [1.82, 2.24) is 4.98 Å². The third-order valence-electron chi connectivity index (χ3n) is 1.61. The summed E-state index contributed by atoms with van der Waals surface area (Å²) in [6, 6.07) is 0. The first-order chi connectivity index (χ1) is 6.93. The quantitative estimate of drug-likeness (QED) is 0.928. The first kappa shape index (κ1) is 12.0. The highest BCUT2D eigenvalue weighted by molar-refractivity contribution is 9.10. The Morgan fingerprint density at radius 1 is 1.60 bits per heavy atom. The number of rotatable bonds is 3. The van der Waals surface area contributed by atoms with Gasteiger partial charge in [-0.15, -0.1) is 0 Å². The van der Waals surface area contributed by atoms with Crippen molar-refractivity contribution < 1.29 is 23.1 Å². The van der Waals surface area contributed by atoms with Crippen LogP contribution in [0.5, 0.6) is 0 Å². The highest BCUT2D eigenvalue weighted by Gasteiger charge is 2.20. The van der Waals surface area contributed by atoms with E-state index in [-0.39, 0.29) is 10.2 Å². The van der Waals surface area contributed by atoms with Gasteiger partial charge in [0.1, 0.15) is 5.82 Å². The van der Waals surface area contributed by atoms with Crippen LogP contribution in [0, 0.1) is 5.82 Å². The Morgan fingerprint density at radius 3 is 2.67 bits per heavy atom. The van der Waals surface area contributed by atoms with Crippen LogP contribution >= 0.6 is 15.9 Å². The van der Waals surface area contributed by atoms with E-state index in [4.69, 9.17) is 5.11 Å². The lowest BCUT2D eigenvalue weighted by Crippen LogP contribution is -2.06. The van der Waals surface area contributed by atoms with Crippen LogP contribution in [-0.4, -0.2) is 16.1 Å². The average Bonchev–Trinajstić information content (AvgIpc) is 2.12. The summed E-state index contributed by atoms with van der Waals surface area (Å²) in [5.41, 5.74) is -0.972. The molecule has 7 heteroatoms. The van der Waals surface area contributed by atoms with Gasteiger partial charge in [-0.2, -0.15) is 0 Å². The first-order valence-corrected chi connectivity index (χ1v) is 4.55. The van der Waals surface area contributed by atoms with E-state index in [1.54, 1.807) is 0 Å². The van der Waals surface area contributed by atoms with Gasteiger partial charge >= 0.3 is 5.97 Å². The lowest BCUT2D eigenvalue weighted by atomic mass is 10.2. The maximum atomic E-state index is 13.2. The lowest BCUT2D eigenvalue weighted by molar-refractivity contribution is -0.136. The molecule has 0 bridgehead atoms. The van der Waals surface area contributed by atoms with Gasteiger partial charge in [-0.3, -0.25) is 9.78 Å². The molecule has 0 atom stereocenters. The van der Waals surface area contributed by atoms with Crippen LogP contribution in [0.3, 0.4) is 0 Å². The number of pyridine rings is 1. The Kier molecular flexibility index (Phi) is 3.67. The SMILES string of the molecule is O=C(O)Cc1ncc(C(F)F)c(F)c1Br. The molecule has 15 heavy (non-hydrogen) atoms. The number of halogens is 4. The molecule has 3 nitrogen and oxygen atoms in total. The Morgan fingerprint density at radius 2 is 2.20 bits per heavy atom. The normalized spacial score (nSPS) is 10.7. The average molecular weight is 284 g/mol. The second-order valence-electron chi connectivity index (χ2n) is 2.66. The predicted molar refractivity (Wildman–Crippen MR) is 48.2 cm³/mol. The van der Waals surface area contributed by atoms with E-state index in [9.17, 15) is 18.0 Å². The number of hydrogen-bond acceptors (Lipinski definition) is 2. The number of alkyl halides is 2. The summed E-state index contributed by atoms with van der Waals surface area (Å²) < 4.78 is 37.2. The zero-order valence-corrected chi connectivity index (χ0v) is 8.76. The van der Waals surface area contributed by atoms with Crippen molar-refractivity contribution in [1.29, 1.82) is 0 Å². The number of carboxylic acid groups (broad SMARTS) is 1. The minimum absolute atomic E-state index is 0.121. The Hall–Kier alpha value is -1.11. The van der Waals surface area contributed by atoms with Crippen LogP contribution in [-0.2, 0) is 11.2 Å². The summed E-state index contributed by atoms with van der Waals surface area (Å²) in [7, 11) is 0. The van der Waals surface area contributed by atoms with Crippen LogP contribution in [0.15, 0.2) is 10.7 Å². The summed E-state index contributed by atoms with van der Waals surface area (Å²) in [5, 5.41) is 8.43. The molecule has 82 valence electrons. The maximum absolute atomic E-state index is 13.2. The van der Waals surface area contributed by atoms with Crippen LogP contribution in [0.2, 0.25) is 0 Å². The molecule has 1 N–H and O–H groups in total. The molecule has 0 fully saturated rings. The molecule has 0 aliphatic heterocycles. The zero-order chi connectivity index (χ0) is 11.6. The fourth-order valence-corrected chi connectivity index (χ4v) is 1.40. The van der Waals surface area contributed by atoms with Gasteiger partial charge < -0.3 is 5.11 Å². The minimum atomic E-state index is -2.98. The highest BCUT2D eigenvalue weighted by atomic mass is 79.9. The van der Waals surface area contributed by atoms with Gasteiger partial charge in [-0.25, -0.2) is 13.2 Å².